The van der Waals surface area contributed by atoms with E-state index in [4.69, 9.17) is 5.84 Å². The molecule has 1 fully saturated rings. The highest BCUT2D eigenvalue weighted by Gasteiger charge is 2.26. The molecule has 0 spiro atoms. The van der Waals surface area contributed by atoms with Crippen LogP contribution in [0.1, 0.15) is 19.8 Å². The summed E-state index contributed by atoms with van der Waals surface area (Å²) >= 11 is 0. The molecule has 1 aliphatic heterocycles. The second-order valence-electron chi connectivity index (χ2n) is 4.78. The van der Waals surface area contributed by atoms with Gasteiger partial charge in [-0.05, 0) is 38.1 Å². The van der Waals surface area contributed by atoms with Crippen LogP contribution in [0.4, 0.5) is 5.69 Å². The third kappa shape index (κ3) is 3.26. The molecule has 0 amide bonds. The van der Waals surface area contributed by atoms with Crippen LogP contribution in [-0.2, 0) is 10.0 Å². The second-order valence-corrected chi connectivity index (χ2v) is 6.46. The molecule has 7 nitrogen and oxygen atoms in total. The maximum Gasteiger partial charge on any atom is 0.260 e. The first-order chi connectivity index (χ1) is 9.58. The predicted octanol–water partition coefficient (Wildman–Crippen LogP) is 0.130. The minimum absolute atomic E-state index is 0.0662. The van der Waals surface area contributed by atoms with Gasteiger partial charge in [-0.1, -0.05) is 6.92 Å². The molecule has 0 radical (unpaired) electrons. The SMILES string of the molecule is CCN1CCCC1CNS(=O)(=O)c1ncccc1NN. The standard InChI is InChI=1S/C12H21N5O2S/c1-2-17-8-4-5-10(17)9-15-20(18,19)12-11(16-13)6-3-7-14-12/h3,6-7,10,15-16H,2,4-5,8-9,13H2,1H3. The molecule has 1 unspecified atom stereocenters. The number of sulfonamides is 1. The van der Waals surface area contributed by atoms with Crippen molar-refractivity contribution in [2.45, 2.75) is 30.8 Å². The lowest BCUT2D eigenvalue weighted by atomic mass is 10.2. The van der Waals surface area contributed by atoms with Crippen LogP contribution < -0.4 is 16.0 Å². The first kappa shape index (κ1) is 15.2. The van der Waals surface area contributed by atoms with Crippen LogP contribution >= 0.6 is 0 Å². The number of hydrogen-bond donors (Lipinski definition) is 3. The number of hydrazine groups is 1. The third-order valence-electron chi connectivity index (χ3n) is 3.60. The Morgan fingerprint density at radius 3 is 3.05 bits per heavy atom. The van der Waals surface area contributed by atoms with E-state index in [2.05, 4.69) is 27.0 Å². The number of rotatable bonds is 6. The lowest BCUT2D eigenvalue weighted by molar-refractivity contribution is 0.268. The normalized spacial score (nSPS) is 20.2. The van der Waals surface area contributed by atoms with E-state index in [9.17, 15) is 8.42 Å². The molecule has 20 heavy (non-hydrogen) atoms. The summed E-state index contributed by atoms with van der Waals surface area (Å²) in [7, 11) is -3.65. The zero-order valence-corrected chi connectivity index (χ0v) is 12.4. The summed E-state index contributed by atoms with van der Waals surface area (Å²) in [5, 5.41) is -0.0662. The molecule has 0 bridgehead atoms. The van der Waals surface area contributed by atoms with Crippen LogP contribution in [0.2, 0.25) is 0 Å². The minimum atomic E-state index is -3.65. The van der Waals surface area contributed by atoms with Gasteiger partial charge in [-0.2, -0.15) is 0 Å². The second kappa shape index (κ2) is 6.49. The maximum absolute atomic E-state index is 12.3. The molecule has 1 saturated heterocycles. The van der Waals surface area contributed by atoms with Crippen molar-refractivity contribution in [2.75, 3.05) is 25.1 Å². The molecule has 1 atom stereocenters. The Morgan fingerprint density at radius 1 is 1.55 bits per heavy atom. The van der Waals surface area contributed by atoms with Gasteiger partial charge in [0.2, 0.25) is 0 Å². The number of likely N-dealkylation sites (N-methyl/N-ethyl adjacent to an activating group) is 1. The molecule has 2 heterocycles. The number of pyridine rings is 1. The van der Waals surface area contributed by atoms with Gasteiger partial charge < -0.3 is 5.43 Å². The molecular weight excluding hydrogens is 278 g/mol. The van der Waals surface area contributed by atoms with E-state index in [1.54, 1.807) is 12.1 Å². The molecule has 4 N–H and O–H groups in total. The highest BCUT2D eigenvalue weighted by atomic mass is 32.2. The largest absolute Gasteiger partial charge is 0.321 e. The Balaban J connectivity index is 2.08. The number of anilines is 1. The average Bonchev–Trinajstić information content (AvgIpc) is 2.92. The Bertz CT molecular complexity index is 549. The molecular formula is C12H21N5O2S. The Kier molecular flexibility index (Phi) is 4.92. The zero-order chi connectivity index (χ0) is 14.6. The molecule has 0 aliphatic carbocycles. The molecule has 0 aromatic carbocycles. The maximum atomic E-state index is 12.3. The van der Waals surface area contributed by atoms with E-state index in [1.165, 1.54) is 6.20 Å². The summed E-state index contributed by atoms with van der Waals surface area (Å²) in [4.78, 5) is 6.18. The van der Waals surface area contributed by atoms with Gasteiger partial charge in [-0.3, -0.25) is 10.7 Å². The fourth-order valence-corrected chi connectivity index (χ4v) is 3.70. The van der Waals surface area contributed by atoms with Crippen LogP contribution in [-0.4, -0.2) is 44.0 Å². The number of nitrogens with zero attached hydrogens (tertiary/aromatic N) is 2. The smallest absolute Gasteiger partial charge is 0.260 e. The quantitative estimate of drug-likeness (QED) is 0.510. The van der Waals surface area contributed by atoms with E-state index in [-0.39, 0.29) is 11.1 Å². The van der Waals surface area contributed by atoms with E-state index in [1.807, 2.05) is 0 Å². The minimum Gasteiger partial charge on any atom is -0.321 e. The monoisotopic (exact) mass is 299 g/mol. The van der Waals surface area contributed by atoms with Crippen molar-refractivity contribution < 1.29 is 8.42 Å². The summed E-state index contributed by atoms with van der Waals surface area (Å²) < 4.78 is 27.2. The van der Waals surface area contributed by atoms with Crippen molar-refractivity contribution in [1.29, 1.82) is 0 Å². The van der Waals surface area contributed by atoms with Crippen LogP contribution in [0.3, 0.4) is 0 Å². The Morgan fingerprint density at radius 2 is 2.35 bits per heavy atom. The highest BCUT2D eigenvalue weighted by molar-refractivity contribution is 7.89. The number of likely N-dealkylation sites (tertiary alicyclic amines) is 1. The number of nitrogens with one attached hydrogen (secondary N) is 2. The Hall–Kier alpha value is -1.22. The summed E-state index contributed by atoms with van der Waals surface area (Å²) in [6.45, 7) is 4.45. The van der Waals surface area contributed by atoms with Gasteiger partial charge in [-0.25, -0.2) is 18.1 Å². The summed E-state index contributed by atoms with van der Waals surface area (Å²) in [5.74, 6) is 5.32. The molecule has 1 aliphatic rings. The van der Waals surface area contributed by atoms with Crippen molar-refractivity contribution in [3.63, 3.8) is 0 Å². The first-order valence-electron chi connectivity index (χ1n) is 6.74. The van der Waals surface area contributed by atoms with E-state index >= 15 is 0 Å². The van der Waals surface area contributed by atoms with Gasteiger partial charge in [0.15, 0.2) is 5.03 Å². The Labute approximate surface area is 119 Å². The van der Waals surface area contributed by atoms with Gasteiger partial charge in [0.05, 0.1) is 5.69 Å². The van der Waals surface area contributed by atoms with Crippen LogP contribution in [0.25, 0.3) is 0 Å². The van der Waals surface area contributed by atoms with Crippen molar-refractivity contribution in [1.82, 2.24) is 14.6 Å². The topological polar surface area (TPSA) is 100 Å². The number of aromatic nitrogens is 1. The van der Waals surface area contributed by atoms with E-state index < -0.39 is 10.0 Å². The van der Waals surface area contributed by atoms with Crippen LogP contribution in [0, 0.1) is 0 Å². The van der Waals surface area contributed by atoms with Gasteiger partial charge in [0.1, 0.15) is 0 Å². The van der Waals surface area contributed by atoms with Gasteiger partial charge in [0, 0.05) is 18.8 Å². The number of nitrogens with two attached hydrogens (primary N) is 1. The molecule has 2 rings (SSSR count). The molecule has 1 aromatic rings. The number of hydrogen-bond acceptors (Lipinski definition) is 6. The zero-order valence-electron chi connectivity index (χ0n) is 11.5. The van der Waals surface area contributed by atoms with Crippen molar-refractivity contribution in [2.24, 2.45) is 5.84 Å². The van der Waals surface area contributed by atoms with Crippen molar-refractivity contribution in [3.05, 3.63) is 18.3 Å². The predicted molar refractivity (Wildman–Crippen MR) is 77.5 cm³/mol. The lowest BCUT2D eigenvalue weighted by Gasteiger charge is -2.22. The van der Waals surface area contributed by atoms with Gasteiger partial charge in [-0.15, -0.1) is 0 Å². The molecule has 112 valence electrons. The summed E-state index contributed by atoms with van der Waals surface area (Å²) in [6.07, 6.45) is 3.56. The first-order valence-corrected chi connectivity index (χ1v) is 8.22. The molecule has 0 saturated carbocycles. The fraction of sp³-hybridized carbons (Fsp3) is 0.583. The average molecular weight is 299 g/mol. The number of nitrogen functional groups attached to an aromatic ring is 1. The van der Waals surface area contributed by atoms with Crippen molar-refractivity contribution in [3.8, 4) is 0 Å². The summed E-state index contributed by atoms with van der Waals surface area (Å²) in [5.41, 5.74) is 2.65. The fourth-order valence-electron chi connectivity index (χ4n) is 2.53. The third-order valence-corrected chi connectivity index (χ3v) is 4.98. The molecule has 8 heteroatoms. The van der Waals surface area contributed by atoms with Gasteiger partial charge >= 0.3 is 0 Å². The van der Waals surface area contributed by atoms with Crippen LogP contribution in [0.5, 0.6) is 0 Å². The van der Waals surface area contributed by atoms with Crippen molar-refractivity contribution >= 4 is 15.7 Å². The highest BCUT2D eigenvalue weighted by Crippen LogP contribution is 2.19. The van der Waals surface area contributed by atoms with Crippen LogP contribution in [0.15, 0.2) is 23.4 Å². The van der Waals surface area contributed by atoms with Gasteiger partial charge in [0.25, 0.3) is 10.0 Å². The lowest BCUT2D eigenvalue weighted by Crippen LogP contribution is -2.40. The molecule has 1 aromatic heterocycles. The van der Waals surface area contributed by atoms with E-state index in [0.717, 1.165) is 25.9 Å². The summed E-state index contributed by atoms with van der Waals surface area (Å²) in [6, 6.07) is 3.47. The van der Waals surface area contributed by atoms with E-state index in [0.29, 0.717) is 12.2 Å².